The molecule has 1 saturated carbocycles. The van der Waals surface area contributed by atoms with E-state index in [1.54, 1.807) is 0 Å². The number of aliphatic imine (C=N–C) groups is 1. The Morgan fingerprint density at radius 1 is 1.30 bits per heavy atom. The quantitative estimate of drug-likeness (QED) is 0.670. The molecule has 122 valence electrons. The maximum atomic E-state index is 4.40. The number of nitrogens with one attached hydrogen (secondary N) is 2. The second-order valence-corrected chi connectivity index (χ2v) is 7.45. The predicted octanol–water partition coefficient (Wildman–Crippen LogP) is 2.80. The van der Waals surface area contributed by atoms with Crippen LogP contribution in [0.2, 0.25) is 0 Å². The van der Waals surface area contributed by atoms with Crippen molar-refractivity contribution in [3.8, 4) is 0 Å². The molecule has 1 aromatic heterocycles. The number of rotatable bonds is 4. The number of likely N-dealkylation sites (tertiary alicyclic amines) is 1. The van der Waals surface area contributed by atoms with E-state index in [2.05, 4.69) is 50.2 Å². The van der Waals surface area contributed by atoms with Crippen LogP contribution in [0.3, 0.4) is 0 Å². The maximum Gasteiger partial charge on any atom is 0.191 e. The molecule has 2 aliphatic rings. The zero-order valence-corrected chi connectivity index (χ0v) is 14.4. The fourth-order valence-electron chi connectivity index (χ4n) is 3.41. The van der Waals surface area contributed by atoms with Crippen LogP contribution in [0.1, 0.15) is 24.8 Å². The molecule has 0 amide bonds. The third-order valence-corrected chi connectivity index (χ3v) is 5.87. The van der Waals surface area contributed by atoms with Crippen LogP contribution in [0.4, 0.5) is 0 Å². The van der Waals surface area contributed by atoms with Gasteiger partial charge in [0.05, 0.1) is 0 Å². The van der Waals surface area contributed by atoms with E-state index in [9.17, 15) is 0 Å². The molecule has 4 nitrogen and oxygen atoms in total. The largest absolute Gasteiger partial charge is 0.352 e. The Morgan fingerprint density at radius 2 is 2.17 bits per heavy atom. The van der Waals surface area contributed by atoms with Gasteiger partial charge in [0, 0.05) is 43.5 Å². The zero-order chi connectivity index (χ0) is 15.6. The molecule has 1 aliphatic carbocycles. The molecular weight excluding hydrogens is 304 g/mol. The summed E-state index contributed by atoms with van der Waals surface area (Å²) in [5.41, 5.74) is 1.35. The van der Waals surface area contributed by atoms with Crippen LogP contribution in [0.5, 0.6) is 0 Å². The fourth-order valence-corrected chi connectivity index (χ4v) is 4.38. The Bertz CT molecular complexity index is 704. The molecule has 2 fully saturated rings. The lowest BCUT2D eigenvalue weighted by molar-refractivity contribution is 0.321. The number of nitrogens with zero attached hydrogens (tertiary/aromatic N) is 2. The first-order valence-corrected chi connectivity index (χ1v) is 9.38. The molecule has 2 N–H and O–H groups in total. The van der Waals surface area contributed by atoms with Crippen molar-refractivity contribution in [1.29, 1.82) is 0 Å². The predicted molar refractivity (Wildman–Crippen MR) is 98.2 cm³/mol. The van der Waals surface area contributed by atoms with E-state index in [1.807, 2.05) is 18.4 Å². The molecule has 0 radical (unpaired) electrons. The molecule has 5 heteroatoms. The van der Waals surface area contributed by atoms with E-state index < -0.39 is 0 Å². The minimum atomic E-state index is 0.529. The second-order valence-electron chi connectivity index (χ2n) is 6.54. The molecule has 0 spiro atoms. The summed E-state index contributed by atoms with van der Waals surface area (Å²) in [6.07, 6.45) is 4.01. The van der Waals surface area contributed by atoms with Gasteiger partial charge in [0.1, 0.15) is 0 Å². The fraction of sp³-hybridized carbons (Fsp3) is 0.500. The van der Waals surface area contributed by atoms with Crippen LogP contribution in [-0.4, -0.2) is 43.1 Å². The highest BCUT2D eigenvalue weighted by Crippen LogP contribution is 2.29. The van der Waals surface area contributed by atoms with E-state index in [-0.39, 0.29) is 0 Å². The third kappa shape index (κ3) is 3.35. The van der Waals surface area contributed by atoms with Crippen LogP contribution in [0, 0.1) is 0 Å². The van der Waals surface area contributed by atoms with Gasteiger partial charge >= 0.3 is 0 Å². The van der Waals surface area contributed by atoms with Gasteiger partial charge < -0.3 is 10.6 Å². The minimum Gasteiger partial charge on any atom is -0.352 e. The van der Waals surface area contributed by atoms with Crippen molar-refractivity contribution in [1.82, 2.24) is 15.5 Å². The molecule has 23 heavy (non-hydrogen) atoms. The molecule has 1 aromatic carbocycles. The first-order valence-electron chi connectivity index (χ1n) is 8.50. The summed E-state index contributed by atoms with van der Waals surface area (Å²) < 4.78 is 1.35. The monoisotopic (exact) mass is 328 g/mol. The summed E-state index contributed by atoms with van der Waals surface area (Å²) in [5.74, 6) is 0.919. The first kappa shape index (κ1) is 15.0. The van der Waals surface area contributed by atoms with E-state index in [4.69, 9.17) is 0 Å². The van der Waals surface area contributed by atoms with Crippen molar-refractivity contribution >= 4 is 27.4 Å². The van der Waals surface area contributed by atoms with Crippen LogP contribution in [0.25, 0.3) is 10.1 Å². The highest BCUT2D eigenvalue weighted by atomic mass is 32.1. The average Bonchev–Trinajstić information content (AvgIpc) is 3.19. The van der Waals surface area contributed by atoms with Gasteiger partial charge in [-0.2, -0.15) is 0 Å². The summed E-state index contributed by atoms with van der Waals surface area (Å²) in [4.78, 5) is 7.02. The Morgan fingerprint density at radius 3 is 3.00 bits per heavy atom. The molecule has 2 heterocycles. The number of thiophene rings is 1. The smallest absolute Gasteiger partial charge is 0.191 e. The minimum absolute atomic E-state index is 0.529. The SMILES string of the molecule is CN=C(NCc1csc2ccccc12)NC1CCN(C2CC2)C1. The van der Waals surface area contributed by atoms with Crippen molar-refractivity contribution in [3.63, 3.8) is 0 Å². The van der Waals surface area contributed by atoms with Crippen molar-refractivity contribution in [2.24, 2.45) is 4.99 Å². The van der Waals surface area contributed by atoms with Crippen molar-refractivity contribution < 1.29 is 0 Å². The van der Waals surface area contributed by atoms with Crippen molar-refractivity contribution in [2.75, 3.05) is 20.1 Å². The summed E-state index contributed by atoms with van der Waals surface area (Å²) >= 11 is 1.81. The summed E-state index contributed by atoms with van der Waals surface area (Å²) in [5, 5.41) is 10.7. The Balaban J connectivity index is 1.33. The molecule has 0 bridgehead atoms. The van der Waals surface area contributed by atoms with Gasteiger partial charge in [-0.05, 0) is 41.7 Å². The van der Waals surface area contributed by atoms with Gasteiger partial charge in [-0.1, -0.05) is 18.2 Å². The summed E-state index contributed by atoms with van der Waals surface area (Å²) in [6, 6.07) is 9.99. The van der Waals surface area contributed by atoms with Gasteiger partial charge in [0.25, 0.3) is 0 Å². The van der Waals surface area contributed by atoms with Crippen LogP contribution in [-0.2, 0) is 6.54 Å². The van der Waals surface area contributed by atoms with Gasteiger partial charge in [0.2, 0.25) is 0 Å². The van der Waals surface area contributed by atoms with E-state index >= 15 is 0 Å². The zero-order valence-electron chi connectivity index (χ0n) is 13.6. The Labute approximate surface area is 141 Å². The first-order chi connectivity index (χ1) is 11.3. The standard InChI is InChI=1S/C18H24N4S/c1-19-18(21-14-8-9-22(11-14)15-6-7-15)20-10-13-12-23-17-5-3-2-4-16(13)17/h2-5,12,14-15H,6-11H2,1H3,(H2,19,20,21). The number of fused-ring (bicyclic) bond motifs is 1. The Kier molecular flexibility index (Phi) is 4.23. The second kappa shape index (κ2) is 6.49. The van der Waals surface area contributed by atoms with Crippen LogP contribution in [0.15, 0.2) is 34.6 Å². The average molecular weight is 328 g/mol. The molecule has 1 aliphatic heterocycles. The molecule has 4 rings (SSSR count). The van der Waals surface area contributed by atoms with Gasteiger partial charge in [-0.25, -0.2) is 0 Å². The molecule has 2 aromatic rings. The molecular formula is C18H24N4S. The van der Waals surface area contributed by atoms with Gasteiger partial charge in [-0.3, -0.25) is 9.89 Å². The van der Waals surface area contributed by atoms with E-state index in [0.29, 0.717) is 6.04 Å². The van der Waals surface area contributed by atoms with Gasteiger partial charge in [0.15, 0.2) is 5.96 Å². The number of hydrogen-bond acceptors (Lipinski definition) is 3. The van der Waals surface area contributed by atoms with Crippen LogP contribution < -0.4 is 10.6 Å². The maximum absolute atomic E-state index is 4.40. The number of hydrogen-bond donors (Lipinski definition) is 2. The molecule has 1 saturated heterocycles. The summed E-state index contributed by atoms with van der Waals surface area (Å²) in [7, 11) is 1.86. The normalized spacial score (nSPS) is 22.7. The molecule has 1 unspecified atom stereocenters. The lowest BCUT2D eigenvalue weighted by Crippen LogP contribution is -2.44. The Hall–Kier alpha value is -1.59. The lowest BCUT2D eigenvalue weighted by atomic mass is 10.2. The topological polar surface area (TPSA) is 39.7 Å². The van der Waals surface area contributed by atoms with Gasteiger partial charge in [-0.15, -0.1) is 11.3 Å². The van der Waals surface area contributed by atoms with E-state index in [0.717, 1.165) is 25.1 Å². The molecule has 1 atom stereocenters. The third-order valence-electron chi connectivity index (χ3n) is 4.85. The van der Waals surface area contributed by atoms with E-state index in [1.165, 1.54) is 41.5 Å². The number of benzene rings is 1. The van der Waals surface area contributed by atoms with Crippen molar-refractivity contribution in [2.45, 2.75) is 37.9 Å². The lowest BCUT2D eigenvalue weighted by Gasteiger charge is -2.18. The highest BCUT2D eigenvalue weighted by Gasteiger charge is 2.34. The van der Waals surface area contributed by atoms with Crippen LogP contribution >= 0.6 is 11.3 Å². The summed E-state index contributed by atoms with van der Waals surface area (Å²) in [6.45, 7) is 3.21. The number of guanidine groups is 1. The highest BCUT2D eigenvalue weighted by molar-refractivity contribution is 7.17. The van der Waals surface area contributed by atoms with Crippen molar-refractivity contribution in [3.05, 3.63) is 35.2 Å².